The summed E-state index contributed by atoms with van der Waals surface area (Å²) in [6, 6.07) is 0.782. The molecule has 0 aliphatic carbocycles. The lowest BCUT2D eigenvalue weighted by Crippen LogP contribution is -2.47. The van der Waals surface area contributed by atoms with Crippen LogP contribution < -0.4 is 5.32 Å². The third kappa shape index (κ3) is 5.15. The van der Waals surface area contributed by atoms with Crippen LogP contribution in [0.4, 0.5) is 0 Å². The van der Waals surface area contributed by atoms with Crippen LogP contribution in [0, 0.1) is 0 Å². The molecular formula is C16H19N3O5S. The number of furan rings is 1. The molecule has 1 unspecified atom stereocenters. The smallest absolute Gasteiger partial charge is 0.326 e. The lowest BCUT2D eigenvalue weighted by atomic mass is 10.2. The number of hydrogen-bond acceptors (Lipinski definition) is 6. The molecule has 2 aromatic heterocycles. The number of carboxylic acids is 1. The maximum Gasteiger partial charge on any atom is 0.326 e. The van der Waals surface area contributed by atoms with Gasteiger partial charge in [-0.3, -0.25) is 9.59 Å². The molecule has 0 fully saturated rings. The van der Waals surface area contributed by atoms with Gasteiger partial charge >= 0.3 is 5.97 Å². The number of carbonyl (C=O) groups excluding carboxylic acids is 2. The third-order valence-electron chi connectivity index (χ3n) is 3.52. The fourth-order valence-electron chi connectivity index (χ4n) is 2.18. The van der Waals surface area contributed by atoms with Crippen LogP contribution >= 0.6 is 11.3 Å². The molecule has 2 amide bonds. The molecule has 25 heavy (non-hydrogen) atoms. The van der Waals surface area contributed by atoms with Gasteiger partial charge in [0.15, 0.2) is 0 Å². The number of carbonyl (C=O) groups is 3. The van der Waals surface area contributed by atoms with Gasteiger partial charge in [-0.05, 0) is 13.0 Å². The van der Waals surface area contributed by atoms with Gasteiger partial charge in [0.05, 0.1) is 18.4 Å². The maximum absolute atomic E-state index is 12.5. The topological polar surface area (TPSA) is 113 Å². The third-order valence-corrected chi connectivity index (χ3v) is 4.46. The molecule has 2 heterocycles. The van der Waals surface area contributed by atoms with Crippen LogP contribution in [0.25, 0.3) is 10.6 Å². The van der Waals surface area contributed by atoms with E-state index in [1.807, 2.05) is 0 Å². The van der Waals surface area contributed by atoms with Gasteiger partial charge in [-0.2, -0.15) is 0 Å². The Hall–Kier alpha value is -2.68. The highest BCUT2D eigenvalue weighted by molar-refractivity contribution is 7.13. The van der Waals surface area contributed by atoms with Gasteiger partial charge < -0.3 is 19.7 Å². The summed E-state index contributed by atoms with van der Waals surface area (Å²) in [6.07, 6.45) is 3.10. The predicted molar refractivity (Wildman–Crippen MR) is 91.0 cm³/mol. The highest BCUT2D eigenvalue weighted by Crippen LogP contribution is 2.24. The minimum atomic E-state index is -1.10. The number of aliphatic carboxylic acids is 1. The number of aromatic nitrogens is 1. The molecule has 2 rings (SSSR count). The van der Waals surface area contributed by atoms with Gasteiger partial charge in [0.25, 0.3) is 0 Å². The SMILES string of the molecule is CC(=O)NCCN(C(=O)Cc1csc(-c2ccoc2)n1)C(C)C(=O)O. The van der Waals surface area contributed by atoms with E-state index in [4.69, 9.17) is 4.42 Å². The second-order valence-corrected chi connectivity index (χ2v) is 6.28. The quantitative estimate of drug-likeness (QED) is 0.731. The Morgan fingerprint density at radius 1 is 1.44 bits per heavy atom. The zero-order valence-electron chi connectivity index (χ0n) is 13.9. The van der Waals surface area contributed by atoms with Crippen molar-refractivity contribution in [3.8, 4) is 10.6 Å². The lowest BCUT2D eigenvalue weighted by Gasteiger charge is -2.26. The molecule has 2 N–H and O–H groups in total. The van der Waals surface area contributed by atoms with Crippen LogP contribution in [0.5, 0.6) is 0 Å². The van der Waals surface area contributed by atoms with Crippen LogP contribution in [0.3, 0.4) is 0 Å². The summed E-state index contributed by atoms with van der Waals surface area (Å²) in [5.41, 5.74) is 1.39. The fraction of sp³-hybridized carbons (Fsp3) is 0.375. The van der Waals surface area contributed by atoms with Crippen molar-refractivity contribution in [2.24, 2.45) is 0 Å². The van der Waals surface area contributed by atoms with Crippen molar-refractivity contribution in [1.29, 1.82) is 0 Å². The van der Waals surface area contributed by atoms with E-state index in [-0.39, 0.29) is 31.3 Å². The second-order valence-electron chi connectivity index (χ2n) is 5.42. The number of thiazole rings is 1. The summed E-state index contributed by atoms with van der Waals surface area (Å²) in [5, 5.41) is 14.3. The largest absolute Gasteiger partial charge is 0.480 e. The number of hydrogen-bond donors (Lipinski definition) is 2. The van der Waals surface area contributed by atoms with Crippen molar-refractivity contribution in [3.05, 3.63) is 29.7 Å². The molecule has 0 bridgehead atoms. The molecule has 8 nitrogen and oxygen atoms in total. The molecule has 134 valence electrons. The van der Waals surface area contributed by atoms with Crippen LogP contribution in [0.2, 0.25) is 0 Å². The molecule has 0 saturated heterocycles. The molecule has 0 aliphatic rings. The van der Waals surface area contributed by atoms with Gasteiger partial charge in [-0.1, -0.05) is 0 Å². The van der Waals surface area contributed by atoms with Crippen molar-refractivity contribution in [2.75, 3.05) is 13.1 Å². The fourth-order valence-corrected chi connectivity index (χ4v) is 2.99. The van der Waals surface area contributed by atoms with Crippen LogP contribution in [-0.4, -0.2) is 51.9 Å². The van der Waals surface area contributed by atoms with Crippen LogP contribution in [0.15, 0.2) is 28.4 Å². The monoisotopic (exact) mass is 365 g/mol. The van der Waals surface area contributed by atoms with Crippen LogP contribution in [-0.2, 0) is 20.8 Å². The first-order chi connectivity index (χ1) is 11.9. The molecule has 0 saturated carbocycles. The Labute approximate surface area is 148 Å². The van der Waals surface area contributed by atoms with Crippen molar-refractivity contribution < 1.29 is 23.9 Å². The van der Waals surface area contributed by atoms with Crippen molar-refractivity contribution in [1.82, 2.24) is 15.2 Å². The molecular weight excluding hydrogens is 346 g/mol. The summed E-state index contributed by atoms with van der Waals surface area (Å²) in [6.45, 7) is 3.10. The minimum Gasteiger partial charge on any atom is -0.480 e. The van der Waals surface area contributed by atoms with E-state index < -0.39 is 12.0 Å². The average molecular weight is 365 g/mol. The Morgan fingerprint density at radius 3 is 2.80 bits per heavy atom. The highest BCUT2D eigenvalue weighted by atomic mass is 32.1. The van der Waals surface area contributed by atoms with Crippen molar-refractivity contribution >= 4 is 29.1 Å². The predicted octanol–water partition coefficient (Wildman–Crippen LogP) is 1.38. The second kappa shape index (κ2) is 8.43. The molecule has 9 heteroatoms. The first kappa shape index (κ1) is 18.7. The van der Waals surface area contributed by atoms with E-state index in [0.717, 1.165) is 10.6 Å². The first-order valence-electron chi connectivity index (χ1n) is 7.62. The van der Waals surface area contributed by atoms with Gasteiger partial charge in [-0.25, -0.2) is 9.78 Å². The lowest BCUT2D eigenvalue weighted by molar-refractivity contribution is -0.149. The number of rotatable bonds is 8. The minimum absolute atomic E-state index is 0.00789. The van der Waals surface area contributed by atoms with E-state index in [1.54, 1.807) is 24.0 Å². The summed E-state index contributed by atoms with van der Waals surface area (Å²) >= 11 is 1.38. The Kier molecular flexibility index (Phi) is 6.29. The average Bonchev–Trinajstić information content (AvgIpc) is 3.21. The van der Waals surface area contributed by atoms with E-state index in [9.17, 15) is 19.5 Å². The normalized spacial score (nSPS) is 11.8. The molecule has 2 aromatic rings. The number of carboxylic acid groups (broad SMARTS) is 1. The molecule has 0 radical (unpaired) electrons. The Bertz CT molecular complexity index is 741. The summed E-state index contributed by atoms with van der Waals surface area (Å²) in [5.74, 6) is -1.70. The zero-order valence-corrected chi connectivity index (χ0v) is 14.7. The zero-order chi connectivity index (χ0) is 18.4. The summed E-state index contributed by atoms with van der Waals surface area (Å²) in [4.78, 5) is 40.3. The van der Waals surface area contributed by atoms with E-state index in [0.29, 0.717) is 5.69 Å². The van der Waals surface area contributed by atoms with Crippen molar-refractivity contribution in [2.45, 2.75) is 26.3 Å². The molecule has 0 aliphatic heterocycles. The standard InChI is InChI=1S/C16H19N3O5S/c1-10(16(22)23)19(5-4-17-11(2)20)14(21)7-13-9-25-15(18-13)12-3-6-24-8-12/h3,6,8-10H,4-5,7H2,1-2H3,(H,17,20)(H,22,23). The van der Waals surface area contributed by atoms with E-state index in [1.165, 1.54) is 30.1 Å². The van der Waals surface area contributed by atoms with E-state index >= 15 is 0 Å². The van der Waals surface area contributed by atoms with Crippen LogP contribution in [0.1, 0.15) is 19.5 Å². The molecule has 0 aromatic carbocycles. The summed E-state index contributed by atoms with van der Waals surface area (Å²) in [7, 11) is 0. The van der Waals surface area contributed by atoms with Gasteiger partial charge in [0, 0.05) is 31.0 Å². The first-order valence-corrected chi connectivity index (χ1v) is 8.50. The van der Waals surface area contributed by atoms with E-state index in [2.05, 4.69) is 10.3 Å². The van der Waals surface area contributed by atoms with Gasteiger partial charge in [-0.15, -0.1) is 11.3 Å². The van der Waals surface area contributed by atoms with Crippen molar-refractivity contribution in [3.63, 3.8) is 0 Å². The Morgan fingerprint density at radius 2 is 2.20 bits per heavy atom. The molecule has 1 atom stereocenters. The Balaban J connectivity index is 2.05. The maximum atomic E-state index is 12.5. The van der Waals surface area contributed by atoms with Gasteiger partial charge in [0.2, 0.25) is 11.8 Å². The highest BCUT2D eigenvalue weighted by Gasteiger charge is 2.26. The number of nitrogens with one attached hydrogen (secondary N) is 1. The summed E-state index contributed by atoms with van der Waals surface area (Å²) < 4.78 is 5.01. The molecule has 0 spiro atoms. The number of amides is 2. The van der Waals surface area contributed by atoms with Gasteiger partial charge in [0.1, 0.15) is 17.3 Å². The number of nitrogens with zero attached hydrogens (tertiary/aromatic N) is 2.